The minimum absolute atomic E-state index is 0.277. The van der Waals surface area contributed by atoms with Crippen LogP contribution in [0.3, 0.4) is 0 Å². The van der Waals surface area contributed by atoms with E-state index in [2.05, 4.69) is 4.98 Å². The molecule has 1 rings (SSSR count). The lowest BCUT2D eigenvalue weighted by Crippen LogP contribution is -2.11. The summed E-state index contributed by atoms with van der Waals surface area (Å²) in [6.45, 7) is 1.64. The van der Waals surface area contributed by atoms with Gasteiger partial charge in [0.2, 0.25) is 0 Å². The van der Waals surface area contributed by atoms with Crippen molar-refractivity contribution < 1.29 is 9.59 Å². The van der Waals surface area contributed by atoms with Crippen LogP contribution in [-0.2, 0) is 4.79 Å². The first kappa shape index (κ1) is 7.53. The van der Waals surface area contributed by atoms with E-state index in [-0.39, 0.29) is 5.69 Å². The van der Waals surface area contributed by atoms with Gasteiger partial charge in [-0.25, -0.2) is 0 Å². The van der Waals surface area contributed by atoms with Gasteiger partial charge >= 0.3 is 0 Å². The van der Waals surface area contributed by atoms with Gasteiger partial charge in [0.15, 0.2) is 0 Å². The molecule has 0 saturated carbocycles. The second kappa shape index (κ2) is 2.57. The lowest BCUT2D eigenvalue weighted by Gasteiger charge is -1.89. The number of rotatable bonds is 2. The summed E-state index contributed by atoms with van der Waals surface area (Å²) in [7, 11) is 0. The van der Waals surface area contributed by atoms with E-state index >= 15 is 0 Å². The van der Waals surface area contributed by atoms with Gasteiger partial charge in [-0.1, -0.05) is 0 Å². The fourth-order valence-corrected chi connectivity index (χ4v) is 0.857. The summed E-state index contributed by atoms with van der Waals surface area (Å²) in [5.74, 6) is -0.541. The number of carbonyl (C=O) groups is 1. The molecular formula is C7H7N2O2. The monoisotopic (exact) mass is 151 g/mol. The van der Waals surface area contributed by atoms with Gasteiger partial charge in [-0.3, -0.25) is 9.59 Å². The largest absolute Gasteiger partial charge is 0.366 e. The predicted octanol–water partition coefficient (Wildman–Crippen LogP) is -0.120. The maximum Gasteiger partial charge on any atom is 0.251 e. The highest BCUT2D eigenvalue weighted by atomic mass is 16.1. The Hall–Kier alpha value is -1.58. The summed E-state index contributed by atoms with van der Waals surface area (Å²) in [5.41, 5.74) is 6.16. The molecule has 0 atom stereocenters. The molecule has 1 heterocycles. The maximum absolute atomic E-state index is 10.6. The van der Waals surface area contributed by atoms with E-state index in [0.717, 1.165) is 0 Å². The molecule has 1 radical (unpaired) electrons. The quantitative estimate of drug-likeness (QED) is 0.618. The molecule has 3 N–H and O–H groups in total. The van der Waals surface area contributed by atoms with Crippen LogP contribution in [0.15, 0.2) is 6.20 Å². The third-order valence-corrected chi connectivity index (χ3v) is 1.51. The molecule has 0 aliphatic carbocycles. The van der Waals surface area contributed by atoms with E-state index in [9.17, 15) is 9.59 Å². The number of amides is 1. The first-order chi connectivity index (χ1) is 5.16. The Morgan fingerprint density at radius 1 is 1.73 bits per heavy atom. The van der Waals surface area contributed by atoms with Crippen molar-refractivity contribution in [2.75, 3.05) is 0 Å². The molecule has 0 unspecified atom stereocenters. The molecule has 0 aliphatic rings. The van der Waals surface area contributed by atoms with E-state index in [4.69, 9.17) is 5.73 Å². The molecule has 11 heavy (non-hydrogen) atoms. The number of aromatic nitrogens is 1. The predicted molar refractivity (Wildman–Crippen MR) is 38.8 cm³/mol. The zero-order valence-corrected chi connectivity index (χ0v) is 5.97. The highest BCUT2D eigenvalue weighted by Crippen LogP contribution is 2.09. The lowest BCUT2D eigenvalue weighted by molar-refractivity contribution is 0.1000. The number of H-pyrrole nitrogens is 1. The minimum Gasteiger partial charge on any atom is -0.366 e. The minimum atomic E-state index is -0.541. The highest BCUT2D eigenvalue weighted by Gasteiger charge is 2.10. The Labute approximate surface area is 63.4 Å². The Balaban J connectivity index is 3.20. The summed E-state index contributed by atoms with van der Waals surface area (Å²) in [5, 5.41) is 0. The van der Waals surface area contributed by atoms with E-state index < -0.39 is 5.91 Å². The van der Waals surface area contributed by atoms with Crippen molar-refractivity contribution in [3.8, 4) is 0 Å². The van der Waals surface area contributed by atoms with E-state index in [1.54, 1.807) is 13.2 Å². The van der Waals surface area contributed by atoms with Crippen molar-refractivity contribution >= 4 is 12.2 Å². The Morgan fingerprint density at radius 3 is 2.64 bits per heavy atom. The summed E-state index contributed by atoms with van der Waals surface area (Å²) in [6.07, 6.45) is 3.06. The van der Waals surface area contributed by atoms with Crippen molar-refractivity contribution in [2.45, 2.75) is 6.92 Å². The van der Waals surface area contributed by atoms with E-state index in [1.807, 2.05) is 0 Å². The van der Waals surface area contributed by atoms with Crippen LogP contribution in [0, 0.1) is 6.92 Å². The Bertz CT molecular complexity index is 301. The molecule has 0 saturated heterocycles. The first-order valence-corrected chi connectivity index (χ1v) is 3.02. The Morgan fingerprint density at radius 2 is 2.36 bits per heavy atom. The Kier molecular flexibility index (Phi) is 1.76. The molecule has 0 aliphatic heterocycles. The van der Waals surface area contributed by atoms with E-state index in [1.165, 1.54) is 6.20 Å². The first-order valence-electron chi connectivity index (χ1n) is 3.02. The fraction of sp³-hybridized carbons (Fsp3) is 0.143. The van der Waals surface area contributed by atoms with Gasteiger partial charge in [-0.2, -0.15) is 0 Å². The average Bonchev–Trinajstić information content (AvgIpc) is 2.30. The molecule has 1 aromatic rings. The molecular weight excluding hydrogens is 144 g/mol. The zero-order valence-electron chi connectivity index (χ0n) is 5.97. The fourth-order valence-electron chi connectivity index (χ4n) is 0.857. The van der Waals surface area contributed by atoms with Gasteiger partial charge in [0.25, 0.3) is 12.2 Å². The zero-order chi connectivity index (χ0) is 8.43. The number of primary amides is 1. The van der Waals surface area contributed by atoms with Crippen LogP contribution in [0.1, 0.15) is 21.6 Å². The second-order valence-corrected chi connectivity index (χ2v) is 2.17. The SMILES string of the molecule is Cc1c(C(N)=O)c[nH]c1[C]=O. The average molecular weight is 151 g/mol. The normalized spacial score (nSPS) is 9.55. The third-order valence-electron chi connectivity index (χ3n) is 1.51. The molecule has 4 heteroatoms. The van der Waals surface area contributed by atoms with Crippen molar-refractivity contribution in [2.24, 2.45) is 5.73 Å². The number of carbonyl (C=O) groups excluding carboxylic acids is 2. The van der Waals surface area contributed by atoms with E-state index in [0.29, 0.717) is 11.1 Å². The highest BCUT2D eigenvalue weighted by molar-refractivity contribution is 5.96. The van der Waals surface area contributed by atoms with Gasteiger partial charge < -0.3 is 10.7 Å². The number of hydrogen-bond donors (Lipinski definition) is 2. The van der Waals surface area contributed by atoms with Gasteiger partial charge in [-0.05, 0) is 12.5 Å². The van der Waals surface area contributed by atoms with Crippen LogP contribution in [0.25, 0.3) is 0 Å². The molecule has 4 nitrogen and oxygen atoms in total. The van der Waals surface area contributed by atoms with Crippen LogP contribution >= 0.6 is 0 Å². The molecule has 1 amide bonds. The van der Waals surface area contributed by atoms with Crippen molar-refractivity contribution in [3.05, 3.63) is 23.0 Å². The lowest BCUT2D eigenvalue weighted by atomic mass is 10.2. The molecule has 0 fully saturated rings. The van der Waals surface area contributed by atoms with Gasteiger partial charge in [0.05, 0.1) is 11.3 Å². The van der Waals surface area contributed by atoms with Gasteiger partial charge in [0.1, 0.15) is 0 Å². The van der Waals surface area contributed by atoms with Crippen LogP contribution in [-0.4, -0.2) is 17.2 Å². The van der Waals surface area contributed by atoms with Gasteiger partial charge in [0, 0.05) is 6.20 Å². The van der Waals surface area contributed by atoms with Gasteiger partial charge in [-0.15, -0.1) is 0 Å². The maximum atomic E-state index is 10.6. The number of nitrogens with two attached hydrogens (primary N) is 1. The topological polar surface area (TPSA) is 76.0 Å². The molecule has 1 aromatic heterocycles. The summed E-state index contributed by atoms with van der Waals surface area (Å²) in [4.78, 5) is 23.4. The van der Waals surface area contributed by atoms with Crippen LogP contribution in [0.4, 0.5) is 0 Å². The molecule has 0 aromatic carbocycles. The van der Waals surface area contributed by atoms with Crippen LogP contribution in [0.2, 0.25) is 0 Å². The smallest absolute Gasteiger partial charge is 0.251 e. The summed E-state index contributed by atoms with van der Waals surface area (Å²) >= 11 is 0. The van der Waals surface area contributed by atoms with Crippen molar-refractivity contribution in [3.63, 3.8) is 0 Å². The number of hydrogen-bond acceptors (Lipinski definition) is 2. The number of aromatic amines is 1. The van der Waals surface area contributed by atoms with Crippen LogP contribution < -0.4 is 5.73 Å². The van der Waals surface area contributed by atoms with Crippen molar-refractivity contribution in [1.82, 2.24) is 4.98 Å². The molecule has 0 bridgehead atoms. The summed E-state index contributed by atoms with van der Waals surface area (Å²) in [6, 6.07) is 0. The third kappa shape index (κ3) is 1.14. The molecule has 57 valence electrons. The molecule has 0 spiro atoms. The second-order valence-electron chi connectivity index (χ2n) is 2.17. The standard InChI is InChI=1S/C7H7N2O2/c1-4-5(7(8)11)2-9-6(4)3-10/h2,9H,1H3,(H2,8,11). The van der Waals surface area contributed by atoms with Crippen LogP contribution in [0.5, 0.6) is 0 Å². The summed E-state index contributed by atoms with van der Waals surface area (Å²) < 4.78 is 0. The number of nitrogens with one attached hydrogen (secondary N) is 1. The van der Waals surface area contributed by atoms with Crippen molar-refractivity contribution in [1.29, 1.82) is 0 Å².